The number of nitrogens with two attached hydrogens (primary N) is 5. The van der Waals surface area contributed by atoms with Gasteiger partial charge < -0.3 is 5.73 Å². The Morgan fingerprint density at radius 3 is 1.22 bits per heavy atom. The molecule has 0 unspecified atom stereocenters. The highest BCUT2D eigenvalue weighted by Gasteiger charge is 2.29. The molecule has 0 aliphatic heterocycles. The second-order valence-electron chi connectivity index (χ2n) is 4.03. The van der Waals surface area contributed by atoms with Gasteiger partial charge in [-0.25, -0.2) is 23.4 Å². The lowest BCUT2D eigenvalue weighted by molar-refractivity contribution is 0.0909. The maximum atomic E-state index is 11.9. The fourth-order valence-corrected chi connectivity index (χ4v) is 1.85. The van der Waals surface area contributed by atoms with E-state index in [1.807, 2.05) is 0 Å². The van der Waals surface area contributed by atoms with Gasteiger partial charge in [-0.1, -0.05) is 0 Å². The Bertz CT molecular complexity index is 633. The van der Waals surface area contributed by atoms with Gasteiger partial charge in [0.05, 0.1) is 27.9 Å². The SMILES string of the molecule is NNC(=O)c1cc(C(=O)NN)c(C(=O)NN)c(N)c1C(=O)NN. The van der Waals surface area contributed by atoms with Gasteiger partial charge in [0.25, 0.3) is 23.6 Å². The van der Waals surface area contributed by atoms with E-state index in [9.17, 15) is 19.2 Å². The van der Waals surface area contributed by atoms with Crippen LogP contribution < -0.4 is 50.8 Å². The minimum atomic E-state index is -0.994. The van der Waals surface area contributed by atoms with Crippen molar-refractivity contribution in [3.8, 4) is 0 Å². The van der Waals surface area contributed by atoms with Crippen molar-refractivity contribution >= 4 is 29.3 Å². The minimum Gasteiger partial charge on any atom is -0.397 e. The summed E-state index contributed by atoms with van der Waals surface area (Å²) in [5.74, 6) is 16.2. The fraction of sp³-hybridized carbons (Fsp3) is 0. The van der Waals surface area contributed by atoms with E-state index in [2.05, 4.69) is 0 Å². The van der Waals surface area contributed by atoms with Crippen LogP contribution in [0.15, 0.2) is 6.07 Å². The van der Waals surface area contributed by atoms with Crippen LogP contribution >= 0.6 is 0 Å². The average molecular weight is 325 g/mol. The first-order valence-corrected chi connectivity index (χ1v) is 5.84. The molecule has 1 aromatic carbocycles. The van der Waals surface area contributed by atoms with Crippen LogP contribution in [0.25, 0.3) is 0 Å². The van der Waals surface area contributed by atoms with E-state index in [0.29, 0.717) is 0 Å². The summed E-state index contributed by atoms with van der Waals surface area (Å²) in [5, 5.41) is 0. The van der Waals surface area contributed by atoms with Crippen molar-refractivity contribution in [1.82, 2.24) is 21.7 Å². The number of hydrazine groups is 4. The number of hydrogen-bond acceptors (Lipinski definition) is 9. The quantitative estimate of drug-likeness (QED) is 0.112. The number of rotatable bonds is 4. The minimum absolute atomic E-state index is 0.403. The van der Waals surface area contributed by atoms with E-state index in [0.717, 1.165) is 6.07 Å². The van der Waals surface area contributed by atoms with Crippen LogP contribution in [0.5, 0.6) is 0 Å². The molecule has 0 heterocycles. The van der Waals surface area contributed by atoms with Crippen LogP contribution in [0.2, 0.25) is 0 Å². The van der Waals surface area contributed by atoms with Gasteiger partial charge in [-0.2, -0.15) is 0 Å². The Morgan fingerprint density at radius 1 is 0.652 bits per heavy atom. The molecule has 0 aromatic heterocycles. The number of nitrogen functional groups attached to an aromatic ring is 5. The van der Waals surface area contributed by atoms with E-state index < -0.39 is 51.6 Å². The summed E-state index contributed by atoms with van der Waals surface area (Å²) in [5.41, 5.74) is 10.5. The molecule has 124 valence electrons. The van der Waals surface area contributed by atoms with Crippen molar-refractivity contribution in [3.05, 3.63) is 28.3 Å². The zero-order chi connectivity index (χ0) is 17.7. The summed E-state index contributed by atoms with van der Waals surface area (Å²) in [4.78, 5) is 47.4. The van der Waals surface area contributed by atoms with Gasteiger partial charge in [0.2, 0.25) is 0 Å². The van der Waals surface area contributed by atoms with Crippen molar-refractivity contribution < 1.29 is 19.2 Å². The maximum absolute atomic E-state index is 11.9. The summed E-state index contributed by atoms with van der Waals surface area (Å²) < 4.78 is 0. The molecule has 0 fully saturated rings. The van der Waals surface area contributed by atoms with Crippen molar-refractivity contribution in [2.24, 2.45) is 23.4 Å². The molecule has 0 spiro atoms. The first-order chi connectivity index (χ1) is 10.8. The van der Waals surface area contributed by atoms with Crippen molar-refractivity contribution in [3.63, 3.8) is 0 Å². The highest BCUT2D eigenvalue weighted by atomic mass is 16.2. The smallest absolute Gasteiger partial charge is 0.268 e. The lowest BCUT2D eigenvalue weighted by Gasteiger charge is -2.16. The van der Waals surface area contributed by atoms with Gasteiger partial charge in [0, 0.05) is 0 Å². The molecule has 0 saturated carbocycles. The zero-order valence-electron chi connectivity index (χ0n) is 11.6. The largest absolute Gasteiger partial charge is 0.397 e. The zero-order valence-corrected chi connectivity index (χ0v) is 11.6. The van der Waals surface area contributed by atoms with Crippen LogP contribution in [0, 0.1) is 0 Å². The summed E-state index contributed by atoms with van der Waals surface area (Å²) in [6, 6.07) is 0.899. The van der Waals surface area contributed by atoms with Crippen molar-refractivity contribution in [1.29, 1.82) is 0 Å². The predicted molar refractivity (Wildman–Crippen MR) is 77.5 cm³/mol. The summed E-state index contributed by atoms with van der Waals surface area (Å²) in [7, 11) is 0. The van der Waals surface area contributed by atoms with E-state index in [1.165, 1.54) is 0 Å². The number of carbonyl (C=O) groups excluding carboxylic acids is 4. The predicted octanol–water partition coefficient (Wildman–Crippen LogP) is -4.32. The number of amides is 4. The van der Waals surface area contributed by atoms with Gasteiger partial charge in [-0.3, -0.25) is 40.9 Å². The lowest BCUT2D eigenvalue weighted by Crippen LogP contribution is -2.40. The number of benzene rings is 1. The third-order valence-corrected chi connectivity index (χ3v) is 2.83. The Balaban J connectivity index is 3.90. The number of nitrogens with one attached hydrogen (secondary N) is 4. The van der Waals surface area contributed by atoms with Crippen LogP contribution in [0.1, 0.15) is 41.4 Å². The molecule has 1 rings (SSSR count). The lowest BCUT2D eigenvalue weighted by atomic mass is 9.93. The molecule has 0 aliphatic carbocycles. The first-order valence-electron chi connectivity index (χ1n) is 5.84. The van der Waals surface area contributed by atoms with Crippen LogP contribution in [0.3, 0.4) is 0 Å². The standard InChI is InChI=1S/C10H15N9O4/c11-6-4(9(22)18-14)2(7(20)16-12)1-3(8(21)17-13)5(6)10(23)19-15/h1H,11-15H2,(H,16,20)(H,17,21)(H,18,22)(H,19,23). The second-order valence-corrected chi connectivity index (χ2v) is 4.03. The Morgan fingerprint density at radius 2 is 0.957 bits per heavy atom. The maximum Gasteiger partial charge on any atom is 0.268 e. The molecule has 0 atom stereocenters. The third-order valence-electron chi connectivity index (χ3n) is 2.83. The Kier molecular flexibility index (Phi) is 5.52. The molecule has 14 N–H and O–H groups in total. The van der Waals surface area contributed by atoms with Crippen molar-refractivity contribution in [2.45, 2.75) is 0 Å². The third kappa shape index (κ3) is 3.16. The molecule has 23 heavy (non-hydrogen) atoms. The van der Waals surface area contributed by atoms with Crippen LogP contribution in [0.4, 0.5) is 5.69 Å². The van der Waals surface area contributed by atoms with E-state index in [1.54, 1.807) is 21.7 Å². The van der Waals surface area contributed by atoms with Gasteiger partial charge in [-0.05, 0) is 6.07 Å². The molecule has 0 bridgehead atoms. The van der Waals surface area contributed by atoms with Gasteiger partial charge in [0.1, 0.15) is 0 Å². The normalized spacial score (nSPS) is 9.74. The Labute approximate surface area is 128 Å². The number of carbonyl (C=O) groups is 4. The number of anilines is 1. The van der Waals surface area contributed by atoms with Gasteiger partial charge >= 0.3 is 0 Å². The summed E-state index contributed by atoms with van der Waals surface area (Å²) in [6.45, 7) is 0. The molecule has 0 aliphatic rings. The van der Waals surface area contributed by atoms with Gasteiger partial charge in [-0.15, -0.1) is 0 Å². The van der Waals surface area contributed by atoms with E-state index in [-0.39, 0.29) is 0 Å². The summed E-state index contributed by atoms with van der Waals surface area (Å²) in [6.07, 6.45) is 0. The highest BCUT2D eigenvalue weighted by Crippen LogP contribution is 2.26. The number of hydrogen-bond donors (Lipinski definition) is 9. The second kappa shape index (κ2) is 7.14. The fourth-order valence-electron chi connectivity index (χ4n) is 1.85. The highest BCUT2D eigenvalue weighted by molar-refractivity contribution is 6.18. The molecule has 4 amide bonds. The summed E-state index contributed by atoms with van der Waals surface area (Å²) >= 11 is 0. The molecule has 13 heteroatoms. The monoisotopic (exact) mass is 325 g/mol. The molecule has 0 radical (unpaired) electrons. The molecule has 0 saturated heterocycles. The average Bonchev–Trinajstić information content (AvgIpc) is 2.57. The Hall–Kier alpha value is -3.26. The van der Waals surface area contributed by atoms with Crippen LogP contribution in [-0.2, 0) is 0 Å². The first kappa shape index (κ1) is 17.8. The van der Waals surface area contributed by atoms with Gasteiger partial charge in [0.15, 0.2) is 0 Å². The van der Waals surface area contributed by atoms with Crippen LogP contribution in [-0.4, -0.2) is 23.6 Å². The van der Waals surface area contributed by atoms with E-state index in [4.69, 9.17) is 29.1 Å². The van der Waals surface area contributed by atoms with Crippen molar-refractivity contribution in [2.75, 3.05) is 5.73 Å². The molecule has 13 nitrogen and oxygen atoms in total. The molecule has 1 aromatic rings. The molecular weight excluding hydrogens is 310 g/mol. The topological polar surface area (TPSA) is 247 Å². The molecular formula is C10H15N9O4. The van der Waals surface area contributed by atoms with E-state index >= 15 is 0 Å².